The van der Waals surface area contributed by atoms with Crippen molar-refractivity contribution in [1.82, 2.24) is 15.0 Å². The molecule has 0 spiro atoms. The Balaban J connectivity index is 2.03. The molecular weight excluding hydrogens is 280 g/mol. The lowest BCUT2D eigenvalue weighted by molar-refractivity contribution is 0.232. The predicted molar refractivity (Wildman–Crippen MR) is 85.1 cm³/mol. The zero-order valence-electron chi connectivity index (χ0n) is 13.2. The fourth-order valence-corrected chi connectivity index (χ4v) is 2.23. The maximum Gasteiger partial charge on any atom is 0.221 e. The van der Waals surface area contributed by atoms with Crippen molar-refractivity contribution in [2.75, 3.05) is 25.6 Å². The molecular formula is C16H22N4O2. The van der Waals surface area contributed by atoms with E-state index in [2.05, 4.69) is 20.3 Å². The van der Waals surface area contributed by atoms with Crippen LogP contribution in [-0.4, -0.2) is 40.3 Å². The Labute approximate surface area is 130 Å². The quantitative estimate of drug-likeness (QED) is 0.811. The van der Waals surface area contributed by atoms with Crippen molar-refractivity contribution in [3.63, 3.8) is 0 Å². The molecule has 0 aromatic carbocycles. The molecule has 0 amide bonds. The fraction of sp³-hybridized carbons (Fsp3) is 0.438. The molecule has 1 unspecified atom stereocenters. The Morgan fingerprint density at radius 1 is 1.27 bits per heavy atom. The van der Waals surface area contributed by atoms with Gasteiger partial charge in [-0.1, -0.05) is 6.07 Å². The van der Waals surface area contributed by atoms with Gasteiger partial charge in [0.05, 0.1) is 12.7 Å². The summed E-state index contributed by atoms with van der Waals surface area (Å²) < 4.78 is 5.24. The minimum absolute atomic E-state index is 0.0653. The van der Waals surface area contributed by atoms with E-state index in [0.717, 1.165) is 17.1 Å². The summed E-state index contributed by atoms with van der Waals surface area (Å²) in [5, 5.41) is 12.8. The van der Waals surface area contributed by atoms with Crippen molar-refractivity contribution in [2.24, 2.45) is 5.92 Å². The first kappa shape index (κ1) is 16.2. The number of aromatic nitrogens is 3. The monoisotopic (exact) mass is 302 g/mol. The molecule has 0 aliphatic rings. The Morgan fingerprint density at radius 2 is 2.09 bits per heavy atom. The van der Waals surface area contributed by atoms with Crippen LogP contribution in [-0.2, 0) is 6.42 Å². The van der Waals surface area contributed by atoms with Crippen LogP contribution in [0.2, 0.25) is 0 Å². The van der Waals surface area contributed by atoms with Gasteiger partial charge in [0, 0.05) is 31.0 Å². The zero-order chi connectivity index (χ0) is 15.9. The highest BCUT2D eigenvalue weighted by atomic mass is 16.5. The molecule has 2 heterocycles. The standard InChI is InChI=1S/C16H22N4O2/c1-11-15(19-12(2)20-16(11)22-3)18-9-13(10-21)8-14-6-4-5-7-17-14/h4-7,13,21H,8-10H2,1-3H3,(H,18,19,20). The van der Waals surface area contributed by atoms with Crippen molar-refractivity contribution >= 4 is 5.82 Å². The smallest absolute Gasteiger partial charge is 0.221 e. The van der Waals surface area contributed by atoms with Gasteiger partial charge in [-0.25, -0.2) is 4.98 Å². The SMILES string of the molecule is COc1nc(C)nc(NCC(CO)Cc2ccccn2)c1C. The summed E-state index contributed by atoms with van der Waals surface area (Å²) >= 11 is 0. The molecule has 0 radical (unpaired) electrons. The summed E-state index contributed by atoms with van der Waals surface area (Å²) in [4.78, 5) is 12.9. The van der Waals surface area contributed by atoms with E-state index in [0.29, 0.717) is 24.7 Å². The van der Waals surface area contributed by atoms with Gasteiger partial charge in [-0.05, 0) is 32.4 Å². The van der Waals surface area contributed by atoms with Crippen molar-refractivity contribution in [3.05, 3.63) is 41.5 Å². The molecule has 2 aromatic rings. The first-order valence-corrected chi connectivity index (χ1v) is 7.28. The highest BCUT2D eigenvalue weighted by molar-refractivity contribution is 5.48. The van der Waals surface area contributed by atoms with Crippen LogP contribution in [0.4, 0.5) is 5.82 Å². The predicted octanol–water partition coefficient (Wildman–Crippen LogP) is 1.76. The highest BCUT2D eigenvalue weighted by Crippen LogP contribution is 2.21. The van der Waals surface area contributed by atoms with Crippen molar-refractivity contribution in [1.29, 1.82) is 0 Å². The molecule has 0 bridgehead atoms. The largest absolute Gasteiger partial charge is 0.481 e. The minimum atomic E-state index is 0.0653. The lowest BCUT2D eigenvalue weighted by Crippen LogP contribution is -2.22. The first-order valence-electron chi connectivity index (χ1n) is 7.28. The normalized spacial score (nSPS) is 12.0. The zero-order valence-corrected chi connectivity index (χ0v) is 13.2. The van der Waals surface area contributed by atoms with E-state index in [-0.39, 0.29) is 12.5 Å². The van der Waals surface area contributed by atoms with E-state index in [1.54, 1.807) is 13.3 Å². The highest BCUT2D eigenvalue weighted by Gasteiger charge is 2.13. The van der Waals surface area contributed by atoms with Gasteiger partial charge in [0.2, 0.25) is 5.88 Å². The number of hydrogen-bond donors (Lipinski definition) is 2. The maximum atomic E-state index is 9.56. The van der Waals surface area contributed by atoms with Crippen LogP contribution in [0, 0.1) is 19.8 Å². The summed E-state index contributed by atoms with van der Waals surface area (Å²) in [6, 6.07) is 5.80. The second-order valence-electron chi connectivity index (χ2n) is 5.21. The molecule has 0 fully saturated rings. The van der Waals surface area contributed by atoms with Crippen LogP contribution in [0.15, 0.2) is 24.4 Å². The Bertz CT molecular complexity index is 605. The molecule has 2 rings (SSSR count). The molecule has 0 saturated heterocycles. The average molecular weight is 302 g/mol. The molecule has 0 saturated carbocycles. The topological polar surface area (TPSA) is 80.2 Å². The first-order chi connectivity index (χ1) is 10.6. The van der Waals surface area contributed by atoms with Gasteiger partial charge >= 0.3 is 0 Å². The maximum absolute atomic E-state index is 9.56. The number of aliphatic hydroxyl groups is 1. The molecule has 2 N–H and O–H groups in total. The van der Waals surface area contributed by atoms with Crippen LogP contribution >= 0.6 is 0 Å². The molecule has 0 aliphatic heterocycles. The molecule has 0 aliphatic carbocycles. The van der Waals surface area contributed by atoms with Gasteiger partial charge < -0.3 is 15.2 Å². The van der Waals surface area contributed by atoms with E-state index in [1.165, 1.54) is 0 Å². The number of nitrogens with zero attached hydrogens (tertiary/aromatic N) is 3. The Kier molecular flexibility index (Phi) is 5.66. The number of ether oxygens (including phenoxy) is 1. The minimum Gasteiger partial charge on any atom is -0.481 e. The van der Waals surface area contributed by atoms with Crippen molar-refractivity contribution in [2.45, 2.75) is 20.3 Å². The second-order valence-corrected chi connectivity index (χ2v) is 5.21. The summed E-state index contributed by atoms with van der Waals surface area (Å²) in [7, 11) is 1.59. The lowest BCUT2D eigenvalue weighted by Gasteiger charge is -2.17. The van der Waals surface area contributed by atoms with Gasteiger partial charge in [-0.15, -0.1) is 0 Å². The number of methoxy groups -OCH3 is 1. The van der Waals surface area contributed by atoms with Gasteiger partial charge in [-0.2, -0.15) is 4.98 Å². The molecule has 2 aromatic heterocycles. The van der Waals surface area contributed by atoms with Gasteiger partial charge in [0.1, 0.15) is 11.6 Å². The van der Waals surface area contributed by atoms with Crippen molar-refractivity contribution < 1.29 is 9.84 Å². The number of aryl methyl sites for hydroxylation is 1. The molecule has 6 heteroatoms. The Morgan fingerprint density at radius 3 is 2.73 bits per heavy atom. The summed E-state index contributed by atoms with van der Waals surface area (Å²) in [5.41, 5.74) is 1.83. The number of pyridine rings is 1. The van der Waals surface area contributed by atoms with Crippen molar-refractivity contribution in [3.8, 4) is 5.88 Å². The second kappa shape index (κ2) is 7.70. The third-order valence-electron chi connectivity index (χ3n) is 3.45. The molecule has 1 atom stereocenters. The number of anilines is 1. The summed E-state index contributed by atoms with van der Waals surface area (Å²) in [5.74, 6) is 2.02. The number of hydrogen-bond acceptors (Lipinski definition) is 6. The van der Waals surface area contributed by atoms with E-state index >= 15 is 0 Å². The van der Waals surface area contributed by atoms with E-state index < -0.39 is 0 Å². The third-order valence-corrected chi connectivity index (χ3v) is 3.45. The van der Waals surface area contributed by atoms with Gasteiger partial charge in [0.15, 0.2) is 0 Å². The van der Waals surface area contributed by atoms with Crippen LogP contribution in [0.3, 0.4) is 0 Å². The lowest BCUT2D eigenvalue weighted by atomic mass is 10.0. The van der Waals surface area contributed by atoms with E-state index in [1.807, 2.05) is 32.0 Å². The van der Waals surface area contributed by atoms with Crippen LogP contribution in [0.1, 0.15) is 17.1 Å². The van der Waals surface area contributed by atoms with Crippen LogP contribution < -0.4 is 10.1 Å². The van der Waals surface area contributed by atoms with E-state index in [4.69, 9.17) is 4.74 Å². The summed E-state index contributed by atoms with van der Waals surface area (Å²) in [6.45, 7) is 4.43. The molecule has 6 nitrogen and oxygen atoms in total. The number of rotatable bonds is 7. The van der Waals surface area contributed by atoms with Crippen LogP contribution in [0.25, 0.3) is 0 Å². The molecule has 22 heavy (non-hydrogen) atoms. The third kappa shape index (κ3) is 4.14. The Hall–Kier alpha value is -2.21. The van der Waals surface area contributed by atoms with Crippen LogP contribution in [0.5, 0.6) is 5.88 Å². The van der Waals surface area contributed by atoms with Gasteiger partial charge in [0.25, 0.3) is 0 Å². The molecule has 118 valence electrons. The average Bonchev–Trinajstić information content (AvgIpc) is 2.54. The number of aliphatic hydroxyl groups excluding tert-OH is 1. The number of nitrogens with one attached hydrogen (secondary N) is 1. The summed E-state index contributed by atoms with van der Waals surface area (Å²) in [6.07, 6.45) is 2.48. The fourth-order valence-electron chi connectivity index (χ4n) is 2.23. The van der Waals surface area contributed by atoms with Gasteiger partial charge in [-0.3, -0.25) is 4.98 Å². The van der Waals surface area contributed by atoms with E-state index in [9.17, 15) is 5.11 Å².